The maximum atomic E-state index is 11.9. The number of carbonyl (C=O) groups excluding carboxylic acids is 1. The lowest BCUT2D eigenvalue weighted by molar-refractivity contribution is -0.121. The summed E-state index contributed by atoms with van der Waals surface area (Å²) in [4.78, 5) is 11.9. The van der Waals surface area contributed by atoms with Gasteiger partial charge in [0, 0.05) is 6.42 Å². The lowest BCUT2D eigenvalue weighted by atomic mass is 10.1. The fraction of sp³-hybridized carbons (Fsp3) is 0.263. The molecule has 0 fully saturated rings. The first-order chi connectivity index (χ1) is 12.0. The van der Waals surface area contributed by atoms with Crippen LogP contribution >= 0.6 is 45.2 Å². The lowest BCUT2D eigenvalue weighted by Gasteiger charge is -2.14. The Labute approximate surface area is 175 Å². The van der Waals surface area contributed by atoms with Crippen LogP contribution in [0.15, 0.2) is 47.6 Å². The molecule has 6 heteroatoms. The second-order valence-corrected chi connectivity index (χ2v) is 8.08. The van der Waals surface area contributed by atoms with Gasteiger partial charge in [-0.1, -0.05) is 30.3 Å². The number of hydrogen-bond donors (Lipinski definition) is 1. The van der Waals surface area contributed by atoms with Crippen LogP contribution in [0.3, 0.4) is 0 Å². The smallest absolute Gasteiger partial charge is 0.240 e. The molecule has 2 rings (SSSR count). The number of aryl methyl sites for hydroxylation is 1. The van der Waals surface area contributed by atoms with Crippen molar-refractivity contribution in [1.82, 2.24) is 5.43 Å². The predicted molar refractivity (Wildman–Crippen MR) is 118 cm³/mol. The molecule has 0 saturated heterocycles. The summed E-state index contributed by atoms with van der Waals surface area (Å²) in [5, 5.41) is 4.05. The van der Waals surface area contributed by atoms with Crippen molar-refractivity contribution in [2.75, 3.05) is 0 Å². The average Bonchev–Trinajstić information content (AvgIpc) is 2.57. The van der Waals surface area contributed by atoms with Gasteiger partial charge in [0.2, 0.25) is 5.91 Å². The number of nitrogens with one attached hydrogen (secondary N) is 1. The van der Waals surface area contributed by atoms with Gasteiger partial charge in [0.15, 0.2) is 0 Å². The van der Waals surface area contributed by atoms with E-state index in [1.807, 2.05) is 56.3 Å². The Hall–Kier alpha value is -1.16. The van der Waals surface area contributed by atoms with Gasteiger partial charge in [-0.15, -0.1) is 0 Å². The molecule has 132 valence electrons. The molecule has 0 bridgehead atoms. The van der Waals surface area contributed by atoms with E-state index in [-0.39, 0.29) is 12.0 Å². The zero-order chi connectivity index (χ0) is 18.2. The van der Waals surface area contributed by atoms with Crippen LogP contribution in [0.4, 0.5) is 0 Å². The van der Waals surface area contributed by atoms with E-state index in [0.717, 1.165) is 24.0 Å². The first-order valence-corrected chi connectivity index (χ1v) is 10.1. The van der Waals surface area contributed by atoms with E-state index in [4.69, 9.17) is 4.74 Å². The standard InChI is InChI=1S/C19H20I2N2O2/c1-13(2)25-19-16(20)10-15(11-17(19)21)12-22-23-18(24)9-8-14-6-4-3-5-7-14/h3-7,10-13H,8-9H2,1-2H3,(H,23,24)/b22-12-. The molecule has 4 nitrogen and oxygen atoms in total. The number of benzene rings is 2. The number of carbonyl (C=O) groups is 1. The third-order valence-electron chi connectivity index (χ3n) is 3.26. The number of hydrogen-bond acceptors (Lipinski definition) is 3. The predicted octanol–water partition coefficient (Wildman–Crippen LogP) is 4.77. The summed E-state index contributed by atoms with van der Waals surface area (Å²) < 4.78 is 7.86. The molecular weight excluding hydrogens is 542 g/mol. The average molecular weight is 562 g/mol. The SMILES string of the molecule is CC(C)Oc1c(I)cc(/C=N\NC(=O)CCc2ccccc2)cc1I. The zero-order valence-electron chi connectivity index (χ0n) is 14.1. The van der Waals surface area contributed by atoms with Crippen molar-refractivity contribution in [2.24, 2.45) is 5.10 Å². The molecule has 1 N–H and O–H groups in total. The number of hydrazone groups is 1. The van der Waals surface area contributed by atoms with E-state index < -0.39 is 0 Å². The van der Waals surface area contributed by atoms with Gasteiger partial charge < -0.3 is 4.74 Å². The molecule has 2 aromatic rings. The Morgan fingerprint density at radius 2 is 1.84 bits per heavy atom. The maximum absolute atomic E-state index is 11.9. The van der Waals surface area contributed by atoms with Crippen molar-refractivity contribution in [2.45, 2.75) is 32.8 Å². The molecule has 1 amide bonds. The highest BCUT2D eigenvalue weighted by Gasteiger charge is 2.10. The van der Waals surface area contributed by atoms with Crippen LogP contribution in [0, 0.1) is 7.14 Å². The van der Waals surface area contributed by atoms with Crippen LogP contribution in [0.5, 0.6) is 5.75 Å². The van der Waals surface area contributed by atoms with Crippen molar-refractivity contribution < 1.29 is 9.53 Å². The van der Waals surface area contributed by atoms with Crippen LogP contribution in [-0.2, 0) is 11.2 Å². The summed E-state index contributed by atoms with van der Waals surface area (Å²) in [5.74, 6) is 0.796. The Morgan fingerprint density at radius 1 is 1.20 bits per heavy atom. The van der Waals surface area contributed by atoms with Crippen LogP contribution in [0.1, 0.15) is 31.4 Å². The number of ether oxygens (including phenoxy) is 1. The topological polar surface area (TPSA) is 50.7 Å². The van der Waals surface area contributed by atoms with Gasteiger partial charge in [-0.3, -0.25) is 4.79 Å². The van der Waals surface area contributed by atoms with E-state index in [1.54, 1.807) is 6.21 Å². The Bertz CT molecular complexity index is 723. The minimum Gasteiger partial charge on any atom is -0.489 e. The second kappa shape index (κ2) is 10.1. The quantitative estimate of drug-likeness (QED) is 0.301. The molecule has 25 heavy (non-hydrogen) atoms. The van der Waals surface area contributed by atoms with Crippen molar-refractivity contribution in [3.05, 3.63) is 60.7 Å². The van der Waals surface area contributed by atoms with Crippen LogP contribution in [0.2, 0.25) is 0 Å². The Balaban J connectivity index is 1.90. The fourth-order valence-corrected chi connectivity index (χ4v) is 4.21. The van der Waals surface area contributed by atoms with Crippen molar-refractivity contribution in [1.29, 1.82) is 0 Å². The molecule has 0 aromatic heterocycles. The normalized spacial score (nSPS) is 11.1. The molecule has 0 aliphatic carbocycles. The van der Waals surface area contributed by atoms with E-state index in [0.29, 0.717) is 12.8 Å². The molecule has 0 unspecified atom stereocenters. The highest BCUT2D eigenvalue weighted by atomic mass is 127. The summed E-state index contributed by atoms with van der Waals surface area (Å²) in [5.41, 5.74) is 4.65. The molecule has 2 aromatic carbocycles. The molecule has 0 radical (unpaired) electrons. The monoisotopic (exact) mass is 562 g/mol. The largest absolute Gasteiger partial charge is 0.489 e. The van der Waals surface area contributed by atoms with E-state index >= 15 is 0 Å². The Morgan fingerprint density at radius 3 is 2.44 bits per heavy atom. The molecule has 0 aliphatic heterocycles. The van der Waals surface area contributed by atoms with Gasteiger partial charge in [0.25, 0.3) is 0 Å². The number of nitrogens with zero attached hydrogens (tertiary/aromatic N) is 1. The highest BCUT2D eigenvalue weighted by molar-refractivity contribution is 14.1. The first kappa shape index (κ1) is 20.2. The first-order valence-electron chi connectivity index (χ1n) is 7.97. The van der Waals surface area contributed by atoms with Gasteiger partial charge in [0.1, 0.15) is 5.75 Å². The highest BCUT2D eigenvalue weighted by Crippen LogP contribution is 2.29. The van der Waals surface area contributed by atoms with E-state index in [2.05, 4.69) is 55.7 Å². The van der Waals surface area contributed by atoms with Crippen molar-refractivity contribution >= 4 is 57.3 Å². The maximum Gasteiger partial charge on any atom is 0.240 e. The van der Waals surface area contributed by atoms with Crippen molar-refractivity contribution in [3.8, 4) is 5.75 Å². The summed E-state index contributed by atoms with van der Waals surface area (Å²) in [6, 6.07) is 13.9. The van der Waals surface area contributed by atoms with Gasteiger partial charge in [-0.05, 0) is 88.7 Å². The van der Waals surface area contributed by atoms with Crippen LogP contribution < -0.4 is 10.2 Å². The second-order valence-electron chi connectivity index (χ2n) is 5.76. The minimum atomic E-state index is -0.0933. The van der Waals surface area contributed by atoms with Gasteiger partial charge >= 0.3 is 0 Å². The molecule has 0 heterocycles. The van der Waals surface area contributed by atoms with E-state index in [1.165, 1.54) is 0 Å². The molecule has 0 aliphatic rings. The zero-order valence-corrected chi connectivity index (χ0v) is 18.4. The summed E-state index contributed by atoms with van der Waals surface area (Å²) in [6.07, 6.45) is 2.91. The van der Waals surface area contributed by atoms with Gasteiger partial charge in [-0.25, -0.2) is 5.43 Å². The molecule has 0 spiro atoms. The summed E-state index contributed by atoms with van der Waals surface area (Å²) >= 11 is 4.50. The van der Waals surface area contributed by atoms with Crippen LogP contribution in [-0.4, -0.2) is 18.2 Å². The Kier molecular flexibility index (Phi) is 8.14. The van der Waals surface area contributed by atoms with E-state index in [9.17, 15) is 4.79 Å². The summed E-state index contributed by atoms with van der Waals surface area (Å²) in [6.45, 7) is 4.01. The minimum absolute atomic E-state index is 0.0933. The number of halogens is 2. The lowest BCUT2D eigenvalue weighted by Crippen LogP contribution is -2.17. The number of amides is 1. The van der Waals surface area contributed by atoms with Crippen LogP contribution in [0.25, 0.3) is 0 Å². The summed E-state index contributed by atoms with van der Waals surface area (Å²) in [7, 11) is 0. The third-order valence-corrected chi connectivity index (χ3v) is 4.86. The van der Waals surface area contributed by atoms with Gasteiger partial charge in [-0.2, -0.15) is 5.10 Å². The fourth-order valence-electron chi connectivity index (χ4n) is 2.14. The van der Waals surface area contributed by atoms with Crippen molar-refractivity contribution in [3.63, 3.8) is 0 Å². The number of rotatable bonds is 7. The van der Waals surface area contributed by atoms with Gasteiger partial charge in [0.05, 0.1) is 19.5 Å². The molecule has 0 atom stereocenters. The third kappa shape index (κ3) is 6.93. The molecule has 0 saturated carbocycles. The molecular formula is C19H20I2N2O2.